The van der Waals surface area contributed by atoms with Crippen LogP contribution in [-0.4, -0.2) is 23.5 Å². The standard InChI is InChI=1S/C13H24BrN3S/c1-5-13(4,17(6-2)7-3)12(16-15)11-10(14)8-9-18-11/h8-9,12,16H,5-7,15H2,1-4H3. The molecule has 0 aromatic carbocycles. The van der Waals surface area contributed by atoms with Gasteiger partial charge in [0.1, 0.15) is 0 Å². The van der Waals surface area contributed by atoms with Gasteiger partial charge < -0.3 is 0 Å². The second-order valence-electron chi connectivity index (χ2n) is 4.62. The highest BCUT2D eigenvalue weighted by Gasteiger charge is 2.38. The molecule has 0 saturated carbocycles. The van der Waals surface area contributed by atoms with Crippen LogP contribution in [0, 0.1) is 0 Å². The minimum atomic E-state index is 0.0195. The van der Waals surface area contributed by atoms with Gasteiger partial charge in [0.25, 0.3) is 0 Å². The SMILES string of the molecule is CCN(CC)C(C)(CC)C(NN)c1sccc1Br. The Morgan fingerprint density at radius 2 is 2.06 bits per heavy atom. The fraction of sp³-hybridized carbons (Fsp3) is 0.692. The number of rotatable bonds is 7. The average molecular weight is 334 g/mol. The summed E-state index contributed by atoms with van der Waals surface area (Å²) in [6.07, 6.45) is 1.05. The Kier molecular flexibility index (Phi) is 6.27. The van der Waals surface area contributed by atoms with Crippen LogP contribution in [0.2, 0.25) is 0 Å². The van der Waals surface area contributed by atoms with Gasteiger partial charge in [-0.1, -0.05) is 20.8 Å². The molecular formula is C13H24BrN3S. The van der Waals surface area contributed by atoms with Crippen LogP contribution in [0.4, 0.5) is 0 Å². The molecule has 0 aliphatic heterocycles. The second kappa shape index (κ2) is 7.01. The van der Waals surface area contributed by atoms with Gasteiger partial charge in [-0.15, -0.1) is 11.3 Å². The van der Waals surface area contributed by atoms with E-state index in [-0.39, 0.29) is 11.6 Å². The van der Waals surface area contributed by atoms with Crippen LogP contribution >= 0.6 is 27.3 Å². The second-order valence-corrected chi connectivity index (χ2v) is 6.42. The molecule has 104 valence electrons. The van der Waals surface area contributed by atoms with Crippen molar-refractivity contribution in [2.24, 2.45) is 5.84 Å². The summed E-state index contributed by atoms with van der Waals surface area (Å²) in [5, 5.41) is 2.10. The lowest BCUT2D eigenvalue weighted by Crippen LogP contribution is -2.55. The first-order valence-corrected chi connectivity index (χ1v) is 8.16. The number of likely N-dealkylation sites (N-methyl/N-ethyl adjacent to an activating group) is 1. The normalized spacial score (nSPS) is 16.8. The number of nitrogens with one attached hydrogen (secondary N) is 1. The summed E-state index contributed by atoms with van der Waals surface area (Å²) in [7, 11) is 0. The van der Waals surface area contributed by atoms with E-state index in [0.717, 1.165) is 24.0 Å². The largest absolute Gasteiger partial charge is 0.297 e. The molecule has 0 bridgehead atoms. The van der Waals surface area contributed by atoms with Crippen LogP contribution in [-0.2, 0) is 0 Å². The zero-order valence-corrected chi connectivity index (χ0v) is 14.1. The Morgan fingerprint density at radius 1 is 1.44 bits per heavy atom. The number of hydrogen-bond acceptors (Lipinski definition) is 4. The number of hydrazine groups is 1. The maximum absolute atomic E-state index is 5.85. The van der Waals surface area contributed by atoms with Gasteiger partial charge in [-0.3, -0.25) is 16.2 Å². The highest BCUT2D eigenvalue weighted by Crippen LogP contribution is 2.39. The molecule has 2 atom stereocenters. The van der Waals surface area contributed by atoms with Crippen molar-refractivity contribution in [1.82, 2.24) is 10.3 Å². The van der Waals surface area contributed by atoms with Crippen LogP contribution in [0.15, 0.2) is 15.9 Å². The molecule has 0 radical (unpaired) electrons. The molecule has 1 aromatic heterocycles. The minimum Gasteiger partial charge on any atom is -0.297 e. The van der Waals surface area contributed by atoms with E-state index in [1.165, 1.54) is 4.88 Å². The summed E-state index contributed by atoms with van der Waals surface area (Å²) in [4.78, 5) is 3.75. The van der Waals surface area contributed by atoms with Gasteiger partial charge in [0.15, 0.2) is 0 Å². The third-order valence-electron chi connectivity index (χ3n) is 3.90. The molecule has 1 aromatic rings. The number of hydrogen-bond donors (Lipinski definition) is 2. The van der Waals surface area contributed by atoms with E-state index in [0.29, 0.717) is 0 Å². The quantitative estimate of drug-likeness (QED) is 0.592. The highest BCUT2D eigenvalue weighted by atomic mass is 79.9. The molecule has 0 fully saturated rings. The lowest BCUT2D eigenvalue weighted by Gasteiger charge is -2.45. The number of nitrogens with two attached hydrogens (primary N) is 1. The summed E-state index contributed by atoms with van der Waals surface area (Å²) in [5.41, 5.74) is 3.04. The van der Waals surface area contributed by atoms with E-state index in [2.05, 4.69) is 65.4 Å². The number of halogens is 1. The molecule has 1 heterocycles. The van der Waals surface area contributed by atoms with Crippen molar-refractivity contribution in [1.29, 1.82) is 0 Å². The van der Waals surface area contributed by atoms with Crippen molar-refractivity contribution in [3.63, 3.8) is 0 Å². The first-order chi connectivity index (χ1) is 8.54. The summed E-state index contributed by atoms with van der Waals surface area (Å²) in [5.74, 6) is 5.85. The van der Waals surface area contributed by atoms with E-state index in [1.807, 2.05) is 0 Å². The average Bonchev–Trinajstić information content (AvgIpc) is 2.78. The predicted octanol–water partition coefficient (Wildman–Crippen LogP) is 3.53. The van der Waals surface area contributed by atoms with Gasteiger partial charge in [0.05, 0.1) is 6.04 Å². The fourth-order valence-corrected chi connectivity index (χ4v) is 4.41. The fourth-order valence-electron chi connectivity index (χ4n) is 2.61. The molecule has 3 N–H and O–H groups in total. The molecule has 18 heavy (non-hydrogen) atoms. The van der Waals surface area contributed by atoms with Gasteiger partial charge in [-0.05, 0) is 53.8 Å². The van der Waals surface area contributed by atoms with E-state index >= 15 is 0 Å². The van der Waals surface area contributed by atoms with Gasteiger partial charge >= 0.3 is 0 Å². The van der Waals surface area contributed by atoms with Crippen LogP contribution in [0.25, 0.3) is 0 Å². The number of nitrogens with zero attached hydrogens (tertiary/aromatic N) is 1. The van der Waals surface area contributed by atoms with Crippen LogP contribution < -0.4 is 11.3 Å². The summed E-state index contributed by atoms with van der Waals surface area (Å²) >= 11 is 5.37. The van der Waals surface area contributed by atoms with E-state index < -0.39 is 0 Å². The Hall–Kier alpha value is 0.0600. The Bertz CT molecular complexity index is 365. The van der Waals surface area contributed by atoms with Crippen molar-refractivity contribution in [3.05, 3.63) is 20.8 Å². The molecule has 0 amide bonds. The van der Waals surface area contributed by atoms with Gasteiger partial charge in [0, 0.05) is 14.9 Å². The molecule has 1 rings (SSSR count). The van der Waals surface area contributed by atoms with Crippen molar-refractivity contribution < 1.29 is 0 Å². The predicted molar refractivity (Wildman–Crippen MR) is 83.7 cm³/mol. The van der Waals surface area contributed by atoms with Crippen molar-refractivity contribution in [3.8, 4) is 0 Å². The minimum absolute atomic E-state index is 0.0195. The third kappa shape index (κ3) is 2.96. The summed E-state index contributed by atoms with van der Waals surface area (Å²) in [6.45, 7) is 11.0. The van der Waals surface area contributed by atoms with Gasteiger partial charge in [-0.25, -0.2) is 0 Å². The monoisotopic (exact) mass is 333 g/mol. The molecule has 0 saturated heterocycles. The van der Waals surface area contributed by atoms with Crippen LogP contribution in [0.1, 0.15) is 45.0 Å². The lowest BCUT2D eigenvalue weighted by atomic mass is 9.86. The molecule has 3 nitrogen and oxygen atoms in total. The number of thiophene rings is 1. The van der Waals surface area contributed by atoms with Crippen LogP contribution in [0.3, 0.4) is 0 Å². The molecule has 5 heteroatoms. The molecule has 2 unspecified atom stereocenters. The zero-order valence-electron chi connectivity index (χ0n) is 11.7. The summed E-state index contributed by atoms with van der Waals surface area (Å²) < 4.78 is 1.14. The van der Waals surface area contributed by atoms with Crippen LogP contribution in [0.5, 0.6) is 0 Å². The molecular weight excluding hydrogens is 310 g/mol. The van der Waals surface area contributed by atoms with E-state index in [4.69, 9.17) is 5.84 Å². The molecule has 0 aliphatic carbocycles. The third-order valence-corrected chi connectivity index (χ3v) is 5.83. The lowest BCUT2D eigenvalue weighted by molar-refractivity contribution is 0.0709. The maximum Gasteiger partial charge on any atom is 0.0745 e. The summed E-state index contributed by atoms with van der Waals surface area (Å²) in [6, 6.07) is 2.22. The Morgan fingerprint density at radius 3 is 2.39 bits per heavy atom. The smallest absolute Gasteiger partial charge is 0.0745 e. The van der Waals surface area contributed by atoms with Crippen molar-refractivity contribution >= 4 is 27.3 Å². The maximum atomic E-state index is 5.85. The zero-order chi connectivity index (χ0) is 13.8. The molecule has 0 spiro atoms. The van der Waals surface area contributed by atoms with Gasteiger partial charge in [0.2, 0.25) is 0 Å². The first kappa shape index (κ1) is 16.1. The Labute approximate surface area is 123 Å². The molecule has 0 aliphatic rings. The van der Waals surface area contributed by atoms with Gasteiger partial charge in [-0.2, -0.15) is 0 Å². The highest BCUT2D eigenvalue weighted by molar-refractivity contribution is 9.10. The first-order valence-electron chi connectivity index (χ1n) is 6.49. The topological polar surface area (TPSA) is 41.3 Å². The van der Waals surface area contributed by atoms with Crippen molar-refractivity contribution in [2.45, 2.75) is 45.7 Å². The van der Waals surface area contributed by atoms with Crippen molar-refractivity contribution in [2.75, 3.05) is 13.1 Å². The Balaban J connectivity index is 3.14. The van der Waals surface area contributed by atoms with E-state index in [9.17, 15) is 0 Å². The van der Waals surface area contributed by atoms with E-state index in [1.54, 1.807) is 11.3 Å².